The number of rotatable bonds is 4. The van der Waals surface area contributed by atoms with Crippen molar-refractivity contribution in [3.63, 3.8) is 0 Å². The first-order valence-electron chi connectivity index (χ1n) is 4.40. The lowest BCUT2D eigenvalue weighted by Crippen LogP contribution is -2.29. The fourth-order valence-corrected chi connectivity index (χ4v) is 2.06. The van der Waals surface area contributed by atoms with Gasteiger partial charge < -0.3 is 0 Å². The Labute approximate surface area is 67.6 Å². The highest BCUT2D eigenvalue weighted by molar-refractivity contribution is 5.00. The standard InChI is InChI=1S/C9H15NO/c1-2-5-11-10-9-4-3-7-6-8(7)9/h2,7-10H,1,3-6H2/t7-,8+,9?/m1/s1. The van der Waals surface area contributed by atoms with Crippen LogP contribution in [0.4, 0.5) is 0 Å². The summed E-state index contributed by atoms with van der Waals surface area (Å²) in [4.78, 5) is 5.20. The number of hydrogen-bond donors (Lipinski definition) is 1. The largest absolute Gasteiger partial charge is 0.297 e. The van der Waals surface area contributed by atoms with E-state index in [1.165, 1.54) is 19.3 Å². The molecule has 0 aromatic heterocycles. The number of hydrogen-bond acceptors (Lipinski definition) is 2. The Morgan fingerprint density at radius 3 is 3.00 bits per heavy atom. The molecule has 1 N–H and O–H groups in total. The molecule has 1 unspecified atom stereocenters. The molecule has 0 bridgehead atoms. The summed E-state index contributed by atoms with van der Waals surface area (Å²) in [5, 5.41) is 0. The van der Waals surface area contributed by atoms with Gasteiger partial charge in [-0.2, -0.15) is 5.48 Å². The van der Waals surface area contributed by atoms with E-state index >= 15 is 0 Å². The highest BCUT2D eigenvalue weighted by Crippen LogP contribution is 2.51. The maximum Gasteiger partial charge on any atom is 0.0861 e. The fraction of sp³-hybridized carbons (Fsp3) is 0.778. The van der Waals surface area contributed by atoms with Gasteiger partial charge in [0, 0.05) is 6.04 Å². The lowest BCUT2D eigenvalue weighted by atomic mass is 10.2. The maximum absolute atomic E-state index is 5.20. The molecule has 2 nitrogen and oxygen atoms in total. The van der Waals surface area contributed by atoms with Crippen LogP contribution in [0.2, 0.25) is 0 Å². The van der Waals surface area contributed by atoms with Gasteiger partial charge in [-0.1, -0.05) is 6.08 Å². The van der Waals surface area contributed by atoms with E-state index in [1.54, 1.807) is 6.08 Å². The molecule has 62 valence electrons. The Morgan fingerprint density at radius 1 is 1.55 bits per heavy atom. The van der Waals surface area contributed by atoms with E-state index in [4.69, 9.17) is 4.84 Å². The van der Waals surface area contributed by atoms with Gasteiger partial charge in [0.25, 0.3) is 0 Å². The van der Waals surface area contributed by atoms with E-state index in [1.807, 2.05) is 0 Å². The summed E-state index contributed by atoms with van der Waals surface area (Å²) < 4.78 is 0. The third-order valence-corrected chi connectivity index (χ3v) is 2.78. The smallest absolute Gasteiger partial charge is 0.0861 e. The average Bonchev–Trinajstić information content (AvgIpc) is 2.70. The molecule has 2 saturated carbocycles. The van der Waals surface area contributed by atoms with Gasteiger partial charge in [-0.05, 0) is 31.1 Å². The van der Waals surface area contributed by atoms with Gasteiger partial charge in [-0.25, -0.2) is 0 Å². The van der Waals surface area contributed by atoms with Crippen LogP contribution in [0.25, 0.3) is 0 Å². The zero-order valence-electron chi connectivity index (χ0n) is 6.75. The number of fused-ring (bicyclic) bond motifs is 1. The molecule has 0 aliphatic heterocycles. The number of nitrogens with one attached hydrogen (secondary N) is 1. The Kier molecular flexibility index (Phi) is 1.96. The molecule has 11 heavy (non-hydrogen) atoms. The van der Waals surface area contributed by atoms with Crippen LogP contribution in [0, 0.1) is 11.8 Å². The molecule has 2 rings (SSSR count). The van der Waals surface area contributed by atoms with Crippen LogP contribution in [0.15, 0.2) is 12.7 Å². The second kappa shape index (κ2) is 2.95. The molecule has 0 heterocycles. The average molecular weight is 153 g/mol. The summed E-state index contributed by atoms with van der Waals surface area (Å²) in [6.45, 7) is 4.21. The van der Waals surface area contributed by atoms with Crippen molar-refractivity contribution in [1.82, 2.24) is 5.48 Å². The van der Waals surface area contributed by atoms with E-state index in [0.29, 0.717) is 12.6 Å². The van der Waals surface area contributed by atoms with Crippen molar-refractivity contribution in [3.8, 4) is 0 Å². The van der Waals surface area contributed by atoms with E-state index in [-0.39, 0.29) is 0 Å². The second-order valence-electron chi connectivity index (χ2n) is 3.56. The quantitative estimate of drug-likeness (QED) is 0.375. The maximum atomic E-state index is 5.20. The van der Waals surface area contributed by atoms with Crippen LogP contribution in [0.5, 0.6) is 0 Å². The van der Waals surface area contributed by atoms with Crippen LogP contribution in [0.1, 0.15) is 19.3 Å². The lowest BCUT2D eigenvalue weighted by Gasteiger charge is -2.12. The van der Waals surface area contributed by atoms with Gasteiger partial charge in [-0.3, -0.25) is 4.84 Å². The van der Waals surface area contributed by atoms with Gasteiger partial charge >= 0.3 is 0 Å². The molecule has 0 aromatic rings. The van der Waals surface area contributed by atoms with Gasteiger partial charge in [0.2, 0.25) is 0 Å². The van der Waals surface area contributed by atoms with E-state index in [2.05, 4.69) is 12.1 Å². The van der Waals surface area contributed by atoms with Gasteiger partial charge in [0.15, 0.2) is 0 Å². The van der Waals surface area contributed by atoms with E-state index in [9.17, 15) is 0 Å². The van der Waals surface area contributed by atoms with E-state index < -0.39 is 0 Å². The van der Waals surface area contributed by atoms with E-state index in [0.717, 1.165) is 11.8 Å². The SMILES string of the molecule is C=CCONC1CC[C@@H]2C[C@H]12. The molecule has 2 aliphatic rings. The molecule has 2 heteroatoms. The summed E-state index contributed by atoms with van der Waals surface area (Å²) in [6.07, 6.45) is 5.90. The van der Waals surface area contributed by atoms with Gasteiger partial charge in [0.05, 0.1) is 6.61 Å². The molecule has 2 aliphatic carbocycles. The van der Waals surface area contributed by atoms with Crippen LogP contribution in [-0.4, -0.2) is 12.6 Å². The normalized spacial score (nSPS) is 40.2. The monoisotopic (exact) mass is 153 g/mol. The molecule has 0 radical (unpaired) electrons. The Balaban J connectivity index is 1.66. The van der Waals surface area contributed by atoms with Gasteiger partial charge in [0.1, 0.15) is 0 Å². The Morgan fingerprint density at radius 2 is 2.45 bits per heavy atom. The predicted molar refractivity (Wildman–Crippen MR) is 43.9 cm³/mol. The minimum absolute atomic E-state index is 0.619. The van der Waals surface area contributed by atoms with Crippen LogP contribution >= 0.6 is 0 Å². The highest BCUT2D eigenvalue weighted by atomic mass is 16.6. The van der Waals surface area contributed by atoms with Crippen molar-refractivity contribution in [3.05, 3.63) is 12.7 Å². The fourth-order valence-electron chi connectivity index (χ4n) is 2.06. The van der Waals surface area contributed by atoms with Crippen molar-refractivity contribution in [2.24, 2.45) is 11.8 Å². The van der Waals surface area contributed by atoms with Crippen LogP contribution in [0.3, 0.4) is 0 Å². The molecular formula is C9H15NO. The first-order valence-corrected chi connectivity index (χ1v) is 4.40. The highest BCUT2D eigenvalue weighted by Gasteiger charge is 2.47. The summed E-state index contributed by atoms with van der Waals surface area (Å²) in [5.74, 6) is 1.96. The summed E-state index contributed by atoms with van der Waals surface area (Å²) in [6, 6.07) is 0.639. The predicted octanol–water partition coefficient (Wildman–Crippen LogP) is 1.49. The Hall–Kier alpha value is -0.340. The van der Waals surface area contributed by atoms with Crippen molar-refractivity contribution < 1.29 is 4.84 Å². The van der Waals surface area contributed by atoms with Crippen molar-refractivity contribution >= 4 is 0 Å². The molecular weight excluding hydrogens is 138 g/mol. The molecule has 2 fully saturated rings. The zero-order valence-corrected chi connectivity index (χ0v) is 6.75. The first-order chi connectivity index (χ1) is 5.42. The van der Waals surface area contributed by atoms with Gasteiger partial charge in [-0.15, -0.1) is 6.58 Å². The van der Waals surface area contributed by atoms with Crippen LogP contribution in [-0.2, 0) is 4.84 Å². The zero-order chi connectivity index (χ0) is 7.68. The summed E-state index contributed by atoms with van der Waals surface area (Å²) >= 11 is 0. The molecule has 0 amide bonds. The second-order valence-corrected chi connectivity index (χ2v) is 3.56. The molecule has 0 spiro atoms. The molecule has 0 aromatic carbocycles. The minimum Gasteiger partial charge on any atom is -0.297 e. The Bertz CT molecular complexity index is 158. The third kappa shape index (κ3) is 1.47. The first kappa shape index (κ1) is 7.32. The van der Waals surface area contributed by atoms with Crippen molar-refractivity contribution in [2.75, 3.05) is 6.61 Å². The molecule has 3 atom stereocenters. The number of hydroxylamine groups is 1. The van der Waals surface area contributed by atoms with Crippen LogP contribution < -0.4 is 5.48 Å². The van der Waals surface area contributed by atoms with Crippen molar-refractivity contribution in [1.29, 1.82) is 0 Å². The third-order valence-electron chi connectivity index (χ3n) is 2.78. The summed E-state index contributed by atoms with van der Waals surface area (Å²) in [7, 11) is 0. The topological polar surface area (TPSA) is 21.3 Å². The molecule has 0 saturated heterocycles. The van der Waals surface area contributed by atoms with Crippen molar-refractivity contribution in [2.45, 2.75) is 25.3 Å². The lowest BCUT2D eigenvalue weighted by molar-refractivity contribution is 0.0310. The summed E-state index contributed by atoms with van der Waals surface area (Å²) in [5.41, 5.74) is 3.10. The minimum atomic E-state index is 0.619.